The van der Waals surface area contributed by atoms with E-state index in [0.29, 0.717) is 0 Å². The SMILES string of the molecule is CCC(N)C(c1cccnc1)N1CCOCC1. The molecule has 0 saturated carbocycles. The molecular formula is C13H21N3O. The fourth-order valence-electron chi connectivity index (χ4n) is 2.36. The van der Waals surface area contributed by atoms with Gasteiger partial charge in [-0.25, -0.2) is 0 Å². The first kappa shape index (κ1) is 12.5. The van der Waals surface area contributed by atoms with Crippen molar-refractivity contribution in [3.05, 3.63) is 30.1 Å². The Morgan fingerprint density at radius 3 is 2.82 bits per heavy atom. The van der Waals surface area contributed by atoms with E-state index in [0.717, 1.165) is 32.7 Å². The molecule has 17 heavy (non-hydrogen) atoms. The number of nitrogens with two attached hydrogens (primary N) is 1. The van der Waals surface area contributed by atoms with Gasteiger partial charge in [-0.2, -0.15) is 0 Å². The number of pyridine rings is 1. The van der Waals surface area contributed by atoms with Gasteiger partial charge < -0.3 is 10.5 Å². The van der Waals surface area contributed by atoms with Gasteiger partial charge in [0.1, 0.15) is 0 Å². The fourth-order valence-corrected chi connectivity index (χ4v) is 2.36. The Hall–Kier alpha value is -0.970. The number of hydrogen-bond donors (Lipinski definition) is 1. The maximum Gasteiger partial charge on any atom is 0.0594 e. The van der Waals surface area contributed by atoms with Gasteiger partial charge in [0.2, 0.25) is 0 Å². The number of rotatable bonds is 4. The highest BCUT2D eigenvalue weighted by atomic mass is 16.5. The molecule has 0 radical (unpaired) electrons. The summed E-state index contributed by atoms with van der Waals surface area (Å²) >= 11 is 0. The predicted octanol–water partition coefficient (Wildman–Crippen LogP) is 1.19. The molecule has 2 heterocycles. The molecular weight excluding hydrogens is 214 g/mol. The molecule has 0 aromatic carbocycles. The Morgan fingerprint density at radius 1 is 1.47 bits per heavy atom. The summed E-state index contributed by atoms with van der Waals surface area (Å²) in [6.45, 7) is 5.63. The van der Waals surface area contributed by atoms with Crippen molar-refractivity contribution in [3.63, 3.8) is 0 Å². The second-order valence-corrected chi connectivity index (χ2v) is 4.45. The lowest BCUT2D eigenvalue weighted by molar-refractivity contribution is 0.00999. The van der Waals surface area contributed by atoms with Crippen LogP contribution in [0.4, 0.5) is 0 Å². The van der Waals surface area contributed by atoms with Crippen LogP contribution in [-0.4, -0.2) is 42.2 Å². The third-order valence-electron chi connectivity index (χ3n) is 3.34. The van der Waals surface area contributed by atoms with E-state index in [1.165, 1.54) is 5.56 Å². The Kier molecular flexibility index (Phi) is 4.48. The summed E-state index contributed by atoms with van der Waals surface area (Å²) in [6, 6.07) is 4.50. The van der Waals surface area contributed by atoms with Crippen LogP contribution in [0.15, 0.2) is 24.5 Å². The minimum atomic E-state index is 0.150. The van der Waals surface area contributed by atoms with E-state index in [1.54, 1.807) is 6.20 Å². The number of hydrogen-bond acceptors (Lipinski definition) is 4. The van der Waals surface area contributed by atoms with Gasteiger partial charge in [-0.3, -0.25) is 9.88 Å². The first-order valence-electron chi connectivity index (χ1n) is 6.30. The highest BCUT2D eigenvalue weighted by Crippen LogP contribution is 2.25. The summed E-state index contributed by atoms with van der Waals surface area (Å²) in [7, 11) is 0. The van der Waals surface area contributed by atoms with Crippen LogP contribution >= 0.6 is 0 Å². The van der Waals surface area contributed by atoms with E-state index in [9.17, 15) is 0 Å². The first-order valence-corrected chi connectivity index (χ1v) is 6.30. The zero-order valence-electron chi connectivity index (χ0n) is 10.4. The summed E-state index contributed by atoms with van der Waals surface area (Å²) in [5, 5.41) is 0. The van der Waals surface area contributed by atoms with Crippen molar-refractivity contribution in [2.45, 2.75) is 25.4 Å². The molecule has 4 heteroatoms. The molecule has 0 spiro atoms. The van der Waals surface area contributed by atoms with Crippen LogP contribution < -0.4 is 5.73 Å². The van der Waals surface area contributed by atoms with E-state index in [-0.39, 0.29) is 12.1 Å². The lowest BCUT2D eigenvalue weighted by Gasteiger charge is -2.37. The Labute approximate surface area is 103 Å². The maximum absolute atomic E-state index is 6.27. The van der Waals surface area contributed by atoms with Crippen LogP contribution in [0.1, 0.15) is 24.9 Å². The molecule has 2 rings (SSSR count). The van der Waals surface area contributed by atoms with Gasteiger partial charge in [0.25, 0.3) is 0 Å². The normalized spacial score (nSPS) is 21.1. The van der Waals surface area contributed by atoms with E-state index in [1.807, 2.05) is 12.3 Å². The molecule has 1 saturated heterocycles. The molecule has 1 aliphatic heterocycles. The summed E-state index contributed by atoms with van der Waals surface area (Å²) < 4.78 is 5.40. The van der Waals surface area contributed by atoms with Crippen molar-refractivity contribution in [2.75, 3.05) is 26.3 Å². The van der Waals surface area contributed by atoms with Gasteiger partial charge >= 0.3 is 0 Å². The zero-order chi connectivity index (χ0) is 12.1. The smallest absolute Gasteiger partial charge is 0.0594 e. The number of nitrogens with zero attached hydrogens (tertiary/aromatic N) is 2. The molecule has 0 amide bonds. The summed E-state index contributed by atoms with van der Waals surface area (Å²) in [4.78, 5) is 6.62. The van der Waals surface area contributed by atoms with Gasteiger partial charge in [-0.15, -0.1) is 0 Å². The molecule has 2 N–H and O–H groups in total. The van der Waals surface area contributed by atoms with Gasteiger partial charge in [0.05, 0.1) is 19.3 Å². The third-order valence-corrected chi connectivity index (χ3v) is 3.34. The molecule has 94 valence electrons. The van der Waals surface area contributed by atoms with Crippen LogP contribution in [-0.2, 0) is 4.74 Å². The molecule has 1 aliphatic rings. The number of aromatic nitrogens is 1. The third kappa shape index (κ3) is 3.03. The minimum Gasteiger partial charge on any atom is -0.379 e. The van der Waals surface area contributed by atoms with Crippen molar-refractivity contribution in [1.82, 2.24) is 9.88 Å². The van der Waals surface area contributed by atoms with Gasteiger partial charge in [-0.05, 0) is 18.1 Å². The molecule has 1 aromatic rings. The van der Waals surface area contributed by atoms with Crippen molar-refractivity contribution in [1.29, 1.82) is 0 Å². The average molecular weight is 235 g/mol. The lowest BCUT2D eigenvalue weighted by Crippen LogP contribution is -2.46. The second-order valence-electron chi connectivity index (χ2n) is 4.45. The standard InChI is InChI=1S/C13H21N3O/c1-2-12(14)13(11-4-3-5-15-10-11)16-6-8-17-9-7-16/h3-5,10,12-13H,2,6-9,14H2,1H3. The minimum absolute atomic E-state index is 0.150. The van der Waals surface area contributed by atoms with Crippen LogP contribution in [0.2, 0.25) is 0 Å². The van der Waals surface area contributed by atoms with Crippen molar-refractivity contribution < 1.29 is 4.74 Å². The highest BCUT2D eigenvalue weighted by Gasteiger charge is 2.27. The molecule has 4 nitrogen and oxygen atoms in total. The quantitative estimate of drug-likeness (QED) is 0.852. The monoisotopic (exact) mass is 235 g/mol. The van der Waals surface area contributed by atoms with Crippen molar-refractivity contribution in [2.24, 2.45) is 5.73 Å². The molecule has 0 aliphatic carbocycles. The summed E-state index contributed by atoms with van der Waals surface area (Å²) in [5.41, 5.74) is 7.48. The summed E-state index contributed by atoms with van der Waals surface area (Å²) in [6.07, 6.45) is 4.70. The van der Waals surface area contributed by atoms with E-state index in [4.69, 9.17) is 10.5 Å². The Balaban J connectivity index is 2.18. The fraction of sp³-hybridized carbons (Fsp3) is 0.615. The van der Waals surface area contributed by atoms with Gasteiger partial charge in [0, 0.05) is 31.5 Å². The van der Waals surface area contributed by atoms with Gasteiger partial charge in [0.15, 0.2) is 0 Å². The number of ether oxygens (including phenoxy) is 1. The van der Waals surface area contributed by atoms with Crippen molar-refractivity contribution >= 4 is 0 Å². The Morgan fingerprint density at radius 2 is 2.24 bits per heavy atom. The molecule has 1 fully saturated rings. The molecule has 2 atom stereocenters. The van der Waals surface area contributed by atoms with E-state index >= 15 is 0 Å². The zero-order valence-corrected chi connectivity index (χ0v) is 10.4. The van der Waals surface area contributed by atoms with Crippen LogP contribution in [0.5, 0.6) is 0 Å². The number of morpholine rings is 1. The molecule has 0 bridgehead atoms. The molecule has 1 aromatic heterocycles. The van der Waals surface area contributed by atoms with E-state index in [2.05, 4.69) is 22.9 Å². The van der Waals surface area contributed by atoms with Crippen LogP contribution in [0, 0.1) is 0 Å². The summed E-state index contributed by atoms with van der Waals surface area (Å²) in [5.74, 6) is 0. The molecule has 2 unspecified atom stereocenters. The highest BCUT2D eigenvalue weighted by molar-refractivity contribution is 5.16. The van der Waals surface area contributed by atoms with Crippen LogP contribution in [0.3, 0.4) is 0 Å². The Bertz CT molecular complexity index is 325. The van der Waals surface area contributed by atoms with E-state index < -0.39 is 0 Å². The first-order chi connectivity index (χ1) is 8.33. The lowest BCUT2D eigenvalue weighted by atomic mass is 9.97. The predicted molar refractivity (Wildman–Crippen MR) is 67.6 cm³/mol. The largest absolute Gasteiger partial charge is 0.379 e. The average Bonchev–Trinajstić information content (AvgIpc) is 2.41. The topological polar surface area (TPSA) is 51.4 Å². The second kappa shape index (κ2) is 6.10. The van der Waals surface area contributed by atoms with Crippen LogP contribution in [0.25, 0.3) is 0 Å². The van der Waals surface area contributed by atoms with Gasteiger partial charge in [-0.1, -0.05) is 13.0 Å². The van der Waals surface area contributed by atoms with Crippen molar-refractivity contribution in [3.8, 4) is 0 Å². The maximum atomic E-state index is 6.27.